The van der Waals surface area contributed by atoms with Crippen molar-refractivity contribution < 1.29 is 19.1 Å². The Balaban J connectivity index is 1.36. The summed E-state index contributed by atoms with van der Waals surface area (Å²) >= 11 is 6.26. The lowest BCUT2D eigenvalue weighted by atomic mass is 9.49. The Labute approximate surface area is 179 Å². The molecule has 0 aromatic heterocycles. The maximum atomic E-state index is 13.2. The van der Waals surface area contributed by atoms with E-state index in [1.807, 2.05) is 6.07 Å². The molecule has 0 unspecified atom stereocenters. The Kier molecular flexibility index (Phi) is 4.70. The highest BCUT2D eigenvalue weighted by molar-refractivity contribution is 8.26. The third kappa shape index (κ3) is 3.48. The Hall–Kier alpha value is -1.86. The fraction of sp³-hybridized carbons (Fsp3) is 0.500. The predicted molar refractivity (Wildman–Crippen MR) is 116 cm³/mol. The Morgan fingerprint density at radius 2 is 1.83 bits per heavy atom. The average molecular weight is 430 g/mol. The van der Waals surface area contributed by atoms with Crippen molar-refractivity contribution in [3.63, 3.8) is 0 Å². The number of thiocarbonyl (C=S) groups is 1. The Morgan fingerprint density at radius 3 is 2.38 bits per heavy atom. The van der Waals surface area contributed by atoms with E-state index in [1.54, 1.807) is 25.3 Å². The summed E-state index contributed by atoms with van der Waals surface area (Å²) in [6, 6.07) is 5.36. The third-order valence-corrected chi connectivity index (χ3v) is 7.96. The first-order valence-electron chi connectivity index (χ1n) is 10.1. The quantitative estimate of drug-likeness (QED) is 0.333. The summed E-state index contributed by atoms with van der Waals surface area (Å²) < 4.78 is 11.8. The molecular weight excluding hydrogens is 406 g/mol. The van der Waals surface area contributed by atoms with Crippen molar-refractivity contribution in [2.45, 2.75) is 38.5 Å². The molecule has 1 amide bonds. The molecular formula is C22H23NO4S2. The molecule has 5 aliphatic rings. The van der Waals surface area contributed by atoms with Crippen molar-refractivity contribution in [2.24, 2.45) is 23.2 Å². The average Bonchev–Trinajstić information content (AvgIpc) is 2.98. The van der Waals surface area contributed by atoms with Gasteiger partial charge in [-0.05, 0) is 80.1 Å². The number of esters is 1. The van der Waals surface area contributed by atoms with Crippen LogP contribution in [0.4, 0.5) is 0 Å². The van der Waals surface area contributed by atoms with Gasteiger partial charge >= 0.3 is 5.97 Å². The van der Waals surface area contributed by atoms with E-state index in [0.29, 0.717) is 38.5 Å². The maximum Gasteiger partial charge on any atom is 0.317 e. The van der Waals surface area contributed by atoms with Gasteiger partial charge in [-0.25, -0.2) is 0 Å². The molecule has 152 valence electrons. The number of rotatable bonds is 4. The first-order chi connectivity index (χ1) is 13.9. The van der Waals surface area contributed by atoms with Crippen molar-refractivity contribution in [3.05, 3.63) is 28.7 Å². The maximum absolute atomic E-state index is 13.2. The molecule has 6 rings (SSSR count). The molecule has 0 spiro atoms. The highest BCUT2D eigenvalue weighted by Crippen LogP contribution is 2.60. The Bertz CT molecular complexity index is 903. The smallest absolute Gasteiger partial charge is 0.317 e. The van der Waals surface area contributed by atoms with E-state index in [9.17, 15) is 9.59 Å². The van der Waals surface area contributed by atoms with Crippen LogP contribution in [0.1, 0.15) is 44.1 Å². The molecule has 5 fully saturated rings. The molecule has 4 bridgehead atoms. The van der Waals surface area contributed by atoms with Gasteiger partial charge in [0, 0.05) is 0 Å². The molecule has 7 heteroatoms. The highest BCUT2D eigenvalue weighted by Gasteiger charge is 2.55. The lowest BCUT2D eigenvalue weighted by Gasteiger charge is -2.55. The minimum absolute atomic E-state index is 0.0999. The zero-order valence-electron chi connectivity index (χ0n) is 16.2. The summed E-state index contributed by atoms with van der Waals surface area (Å²) in [7, 11) is 1.56. The number of hydrogen-bond donors (Lipinski definition) is 1. The molecule has 29 heavy (non-hydrogen) atoms. The van der Waals surface area contributed by atoms with Gasteiger partial charge in [0.25, 0.3) is 5.91 Å². The fourth-order valence-corrected chi connectivity index (χ4v) is 7.04. The zero-order valence-corrected chi connectivity index (χ0v) is 17.9. The van der Waals surface area contributed by atoms with Crippen molar-refractivity contribution >= 4 is 46.3 Å². The number of hydrogen-bond acceptors (Lipinski definition) is 6. The van der Waals surface area contributed by atoms with E-state index in [1.165, 1.54) is 31.0 Å². The molecule has 4 aliphatic carbocycles. The van der Waals surface area contributed by atoms with Gasteiger partial charge in [0.1, 0.15) is 4.32 Å². The molecule has 0 radical (unpaired) electrons. The third-order valence-electron chi connectivity index (χ3n) is 6.80. The van der Waals surface area contributed by atoms with Gasteiger partial charge in [-0.3, -0.25) is 9.59 Å². The van der Waals surface area contributed by atoms with Gasteiger partial charge in [0.05, 0.1) is 17.4 Å². The van der Waals surface area contributed by atoms with Gasteiger partial charge in [0.15, 0.2) is 11.5 Å². The van der Waals surface area contributed by atoms with Crippen molar-refractivity contribution in [1.82, 2.24) is 5.32 Å². The highest BCUT2D eigenvalue weighted by atomic mass is 32.2. The number of carbonyl (C=O) groups excluding carboxylic acids is 2. The van der Waals surface area contributed by atoms with E-state index >= 15 is 0 Å². The summed E-state index contributed by atoms with van der Waals surface area (Å²) in [4.78, 5) is 25.6. The zero-order chi connectivity index (χ0) is 20.2. The summed E-state index contributed by atoms with van der Waals surface area (Å²) in [6.07, 6.45) is 8.52. The number of ether oxygens (including phenoxy) is 2. The number of thioether (sulfide) groups is 1. The van der Waals surface area contributed by atoms with Crippen LogP contribution in [0.3, 0.4) is 0 Å². The summed E-state index contributed by atoms with van der Waals surface area (Å²) in [5.41, 5.74) is 0.480. The number of nitrogens with one attached hydrogen (secondary N) is 1. The lowest BCUT2D eigenvalue weighted by Crippen LogP contribution is -2.51. The summed E-state index contributed by atoms with van der Waals surface area (Å²) in [5.74, 6) is 2.69. The SMILES string of the molecule is COc1cc(C=C2SC(=S)NC2=O)ccc1OC(=O)C12CC3CC(CC(C3)C1)C2. The van der Waals surface area contributed by atoms with Crippen LogP contribution < -0.4 is 14.8 Å². The molecule has 1 aromatic rings. The van der Waals surface area contributed by atoms with Gasteiger partial charge in [0.2, 0.25) is 0 Å². The van der Waals surface area contributed by atoms with Crippen LogP contribution in [0, 0.1) is 23.2 Å². The van der Waals surface area contributed by atoms with Crippen molar-refractivity contribution in [2.75, 3.05) is 7.11 Å². The van der Waals surface area contributed by atoms with E-state index in [0.717, 1.165) is 24.8 Å². The monoisotopic (exact) mass is 429 g/mol. The van der Waals surface area contributed by atoms with Crippen molar-refractivity contribution in [3.8, 4) is 11.5 Å². The van der Waals surface area contributed by atoms with Gasteiger partial charge < -0.3 is 14.8 Å². The van der Waals surface area contributed by atoms with Gasteiger partial charge in [-0.1, -0.05) is 30.0 Å². The number of carbonyl (C=O) groups is 2. The fourth-order valence-electron chi connectivity index (χ4n) is 6.00. The standard InChI is InChI=1S/C22H23NO4S2/c1-26-17-7-12(8-18-19(24)23-21(28)29-18)2-3-16(17)27-20(25)22-9-13-4-14(10-22)6-15(5-13)11-22/h2-3,7-8,13-15H,4-6,9-11H2,1H3,(H,23,24,28). The first-order valence-corrected chi connectivity index (χ1v) is 11.3. The van der Waals surface area contributed by atoms with Gasteiger partial charge in [-0.15, -0.1) is 0 Å². The van der Waals surface area contributed by atoms with Gasteiger partial charge in [-0.2, -0.15) is 0 Å². The van der Waals surface area contributed by atoms with Crippen molar-refractivity contribution in [1.29, 1.82) is 0 Å². The molecule has 1 aliphatic heterocycles. The largest absolute Gasteiger partial charge is 0.493 e. The topological polar surface area (TPSA) is 64.6 Å². The van der Waals surface area contributed by atoms with Crippen LogP contribution in [-0.4, -0.2) is 23.3 Å². The van der Waals surface area contributed by atoms with Crippen LogP contribution in [0.5, 0.6) is 11.5 Å². The van der Waals surface area contributed by atoms with E-state index in [4.69, 9.17) is 21.7 Å². The summed E-state index contributed by atoms with van der Waals surface area (Å²) in [5, 5.41) is 2.60. The van der Waals surface area contributed by atoms with E-state index in [2.05, 4.69) is 5.32 Å². The second-order valence-electron chi connectivity index (χ2n) is 8.85. The molecule has 1 heterocycles. The predicted octanol–water partition coefficient (Wildman–Crippen LogP) is 4.31. The second-order valence-corrected chi connectivity index (χ2v) is 10.6. The second kappa shape index (κ2) is 7.13. The normalized spacial score (nSPS) is 33.8. The van der Waals surface area contributed by atoms with Crippen LogP contribution in [0.15, 0.2) is 23.1 Å². The van der Waals surface area contributed by atoms with E-state index < -0.39 is 0 Å². The minimum Gasteiger partial charge on any atom is -0.493 e. The molecule has 1 N–H and O–H groups in total. The van der Waals surface area contributed by atoms with Crippen LogP contribution in [0.2, 0.25) is 0 Å². The Morgan fingerprint density at radius 1 is 1.17 bits per heavy atom. The first kappa shape index (κ1) is 19.1. The van der Waals surface area contributed by atoms with Crippen LogP contribution in [-0.2, 0) is 9.59 Å². The molecule has 5 nitrogen and oxygen atoms in total. The minimum atomic E-state index is -0.311. The number of amides is 1. The molecule has 1 saturated heterocycles. The summed E-state index contributed by atoms with van der Waals surface area (Å²) in [6.45, 7) is 0. The number of methoxy groups -OCH3 is 1. The molecule has 1 aromatic carbocycles. The lowest BCUT2D eigenvalue weighted by molar-refractivity contribution is -0.161. The molecule has 0 atom stereocenters. The number of benzene rings is 1. The molecule has 4 saturated carbocycles. The van der Waals surface area contributed by atoms with Crippen LogP contribution in [0.25, 0.3) is 6.08 Å². The van der Waals surface area contributed by atoms with Crippen LogP contribution >= 0.6 is 24.0 Å². The van der Waals surface area contributed by atoms with E-state index in [-0.39, 0.29) is 17.3 Å².